The van der Waals surface area contributed by atoms with E-state index in [4.69, 9.17) is 4.74 Å². The molecule has 2 atom stereocenters. The molecule has 6 nitrogen and oxygen atoms in total. The zero-order chi connectivity index (χ0) is 16.3. The van der Waals surface area contributed by atoms with Crippen LogP contribution in [0.1, 0.15) is 12.5 Å². The molecule has 1 fully saturated rings. The van der Waals surface area contributed by atoms with Gasteiger partial charge < -0.3 is 15.0 Å². The highest BCUT2D eigenvalue weighted by molar-refractivity contribution is 7.90. The third kappa shape index (κ3) is 5.17. The van der Waals surface area contributed by atoms with E-state index in [2.05, 4.69) is 5.32 Å². The summed E-state index contributed by atoms with van der Waals surface area (Å²) in [5, 5.41) is 3.17. The molecule has 0 bridgehead atoms. The van der Waals surface area contributed by atoms with Gasteiger partial charge in [0.05, 0.1) is 17.6 Å². The predicted molar refractivity (Wildman–Crippen MR) is 90.5 cm³/mol. The molecule has 0 spiro atoms. The Morgan fingerprint density at radius 3 is 2.48 bits per heavy atom. The fourth-order valence-electron chi connectivity index (χ4n) is 2.44. The van der Waals surface area contributed by atoms with Crippen molar-refractivity contribution in [3.63, 3.8) is 0 Å². The molecular formula is C15H23ClN2O4S. The molecule has 0 unspecified atom stereocenters. The van der Waals surface area contributed by atoms with E-state index >= 15 is 0 Å². The minimum Gasteiger partial charge on any atom is -0.375 e. The molecule has 1 N–H and O–H groups in total. The number of sulfone groups is 1. The lowest BCUT2D eigenvalue weighted by molar-refractivity contribution is -0.138. The summed E-state index contributed by atoms with van der Waals surface area (Å²) in [5.74, 6) is -0.0283. The molecule has 1 saturated heterocycles. The second-order valence-corrected chi connectivity index (χ2v) is 7.63. The average molecular weight is 363 g/mol. The highest BCUT2D eigenvalue weighted by Crippen LogP contribution is 2.13. The Bertz CT molecular complexity index is 633. The number of carbonyl (C=O) groups excluding carboxylic acids is 1. The van der Waals surface area contributed by atoms with Crippen LogP contribution in [-0.2, 0) is 25.9 Å². The number of amides is 1. The van der Waals surface area contributed by atoms with E-state index in [0.717, 1.165) is 5.56 Å². The van der Waals surface area contributed by atoms with E-state index in [-0.39, 0.29) is 35.4 Å². The number of rotatable bonds is 4. The molecule has 0 aliphatic carbocycles. The molecule has 1 heterocycles. The second-order valence-electron chi connectivity index (χ2n) is 5.62. The zero-order valence-corrected chi connectivity index (χ0v) is 15.1. The lowest BCUT2D eigenvalue weighted by Crippen LogP contribution is -2.55. The standard InChI is InChI=1S/C15H22N2O4S.ClH/c1-11-14(16-8-9-21-11)15(18)17(2)10-12-4-6-13(7-5-12)22(3,19)20;/h4-7,11,14,16H,8-10H2,1-3H3;1H/t11-,14+;/m1./s1. The number of nitrogens with zero attached hydrogens (tertiary/aromatic N) is 1. The van der Waals surface area contributed by atoms with Crippen LogP contribution in [0.2, 0.25) is 0 Å². The number of halogens is 1. The van der Waals surface area contributed by atoms with Gasteiger partial charge in [0.2, 0.25) is 5.91 Å². The predicted octanol–water partition coefficient (Wildman–Crippen LogP) is 0.847. The van der Waals surface area contributed by atoms with Crippen LogP contribution in [-0.4, -0.2) is 57.8 Å². The summed E-state index contributed by atoms with van der Waals surface area (Å²) in [6.45, 7) is 3.58. The van der Waals surface area contributed by atoms with Crippen LogP contribution in [0.4, 0.5) is 0 Å². The third-order valence-corrected chi connectivity index (χ3v) is 4.86. The average Bonchev–Trinajstić information content (AvgIpc) is 2.46. The number of morpholine rings is 1. The van der Waals surface area contributed by atoms with Crippen molar-refractivity contribution in [2.45, 2.75) is 30.5 Å². The maximum absolute atomic E-state index is 12.4. The van der Waals surface area contributed by atoms with Gasteiger partial charge in [-0.3, -0.25) is 4.79 Å². The first-order valence-electron chi connectivity index (χ1n) is 7.18. The Balaban J connectivity index is 0.00000264. The monoisotopic (exact) mass is 362 g/mol. The highest BCUT2D eigenvalue weighted by atomic mass is 35.5. The Morgan fingerprint density at radius 1 is 1.35 bits per heavy atom. The van der Waals surface area contributed by atoms with Gasteiger partial charge in [0, 0.05) is 26.4 Å². The Labute approximate surface area is 143 Å². The summed E-state index contributed by atoms with van der Waals surface area (Å²) >= 11 is 0. The molecule has 130 valence electrons. The van der Waals surface area contributed by atoms with Crippen molar-refractivity contribution in [3.8, 4) is 0 Å². The zero-order valence-electron chi connectivity index (χ0n) is 13.5. The van der Waals surface area contributed by atoms with Gasteiger partial charge in [-0.05, 0) is 24.6 Å². The van der Waals surface area contributed by atoms with E-state index < -0.39 is 9.84 Å². The van der Waals surface area contributed by atoms with Gasteiger partial charge in [0.25, 0.3) is 0 Å². The van der Waals surface area contributed by atoms with Crippen LogP contribution in [0.15, 0.2) is 29.2 Å². The number of ether oxygens (including phenoxy) is 1. The van der Waals surface area contributed by atoms with E-state index in [1.54, 1.807) is 36.2 Å². The molecule has 0 aromatic heterocycles. The van der Waals surface area contributed by atoms with Crippen LogP contribution >= 0.6 is 12.4 Å². The van der Waals surface area contributed by atoms with Crippen LogP contribution < -0.4 is 5.32 Å². The molecule has 0 saturated carbocycles. The molecule has 1 aromatic carbocycles. The van der Waals surface area contributed by atoms with E-state index in [9.17, 15) is 13.2 Å². The number of hydrogen-bond donors (Lipinski definition) is 1. The first kappa shape index (κ1) is 19.9. The van der Waals surface area contributed by atoms with Crippen LogP contribution in [0, 0.1) is 0 Å². The van der Waals surface area contributed by atoms with Crippen molar-refractivity contribution >= 4 is 28.2 Å². The molecule has 23 heavy (non-hydrogen) atoms. The summed E-state index contributed by atoms with van der Waals surface area (Å²) in [7, 11) is -1.46. The minimum absolute atomic E-state index is 0. The third-order valence-electron chi connectivity index (χ3n) is 3.73. The SMILES string of the molecule is C[C@H]1OCCN[C@@H]1C(=O)N(C)Cc1ccc(S(C)(=O)=O)cc1.Cl. The molecule has 8 heteroatoms. The van der Waals surface area contributed by atoms with Gasteiger partial charge in [-0.15, -0.1) is 12.4 Å². The first-order chi connectivity index (χ1) is 10.3. The molecule has 1 aromatic rings. The van der Waals surface area contributed by atoms with Crippen molar-refractivity contribution in [1.29, 1.82) is 0 Å². The number of hydrogen-bond acceptors (Lipinski definition) is 5. The quantitative estimate of drug-likeness (QED) is 0.859. The van der Waals surface area contributed by atoms with Crippen LogP contribution in [0.25, 0.3) is 0 Å². The fourth-order valence-corrected chi connectivity index (χ4v) is 3.07. The van der Waals surface area contributed by atoms with Gasteiger partial charge >= 0.3 is 0 Å². The smallest absolute Gasteiger partial charge is 0.242 e. The topological polar surface area (TPSA) is 75.7 Å². The maximum atomic E-state index is 12.4. The summed E-state index contributed by atoms with van der Waals surface area (Å²) < 4.78 is 28.3. The molecule has 2 rings (SSSR count). The minimum atomic E-state index is -3.20. The Morgan fingerprint density at radius 2 is 1.96 bits per heavy atom. The van der Waals surface area contributed by atoms with Gasteiger partial charge in [-0.25, -0.2) is 8.42 Å². The van der Waals surface area contributed by atoms with Crippen molar-refractivity contribution in [2.24, 2.45) is 0 Å². The summed E-state index contributed by atoms with van der Waals surface area (Å²) in [4.78, 5) is 14.3. The summed E-state index contributed by atoms with van der Waals surface area (Å²) in [6.07, 6.45) is 1.02. The second kappa shape index (κ2) is 8.10. The van der Waals surface area contributed by atoms with Crippen LogP contribution in [0.3, 0.4) is 0 Å². The fraction of sp³-hybridized carbons (Fsp3) is 0.533. The van der Waals surface area contributed by atoms with Crippen molar-refractivity contribution in [3.05, 3.63) is 29.8 Å². The van der Waals surface area contributed by atoms with Crippen molar-refractivity contribution < 1.29 is 17.9 Å². The maximum Gasteiger partial charge on any atom is 0.242 e. The molecule has 0 radical (unpaired) electrons. The molecule has 1 amide bonds. The number of likely N-dealkylation sites (N-methyl/N-ethyl adjacent to an activating group) is 1. The number of benzene rings is 1. The van der Waals surface area contributed by atoms with E-state index in [0.29, 0.717) is 19.7 Å². The summed E-state index contributed by atoms with van der Waals surface area (Å²) in [6, 6.07) is 6.25. The van der Waals surface area contributed by atoms with Crippen LogP contribution in [0.5, 0.6) is 0 Å². The van der Waals surface area contributed by atoms with Gasteiger partial charge in [-0.1, -0.05) is 12.1 Å². The number of nitrogens with one attached hydrogen (secondary N) is 1. The normalized spacial score (nSPS) is 21.3. The van der Waals surface area contributed by atoms with Gasteiger partial charge in [-0.2, -0.15) is 0 Å². The largest absolute Gasteiger partial charge is 0.375 e. The van der Waals surface area contributed by atoms with E-state index in [1.165, 1.54) is 6.26 Å². The molecule has 1 aliphatic rings. The van der Waals surface area contributed by atoms with Gasteiger partial charge in [0.1, 0.15) is 6.04 Å². The lowest BCUT2D eigenvalue weighted by Gasteiger charge is -2.32. The Kier molecular flexibility index (Phi) is 7.01. The first-order valence-corrected chi connectivity index (χ1v) is 9.07. The van der Waals surface area contributed by atoms with Crippen molar-refractivity contribution in [2.75, 3.05) is 26.5 Å². The Hall–Kier alpha value is -1.15. The lowest BCUT2D eigenvalue weighted by atomic mass is 10.1. The summed E-state index contributed by atoms with van der Waals surface area (Å²) in [5.41, 5.74) is 0.882. The van der Waals surface area contributed by atoms with Gasteiger partial charge in [0.15, 0.2) is 9.84 Å². The van der Waals surface area contributed by atoms with Crippen molar-refractivity contribution in [1.82, 2.24) is 10.2 Å². The molecular weight excluding hydrogens is 340 g/mol. The highest BCUT2D eigenvalue weighted by Gasteiger charge is 2.30. The van der Waals surface area contributed by atoms with E-state index in [1.807, 2.05) is 6.92 Å². The molecule has 1 aliphatic heterocycles. The number of carbonyl (C=O) groups is 1.